The highest BCUT2D eigenvalue weighted by molar-refractivity contribution is 5.78. The molecule has 0 aliphatic rings. The largest absolute Gasteiger partial charge is 0.369 e. The van der Waals surface area contributed by atoms with Crippen molar-refractivity contribution in [3.05, 3.63) is 47.8 Å². The van der Waals surface area contributed by atoms with Gasteiger partial charge in [0, 0.05) is 29.9 Å². The minimum Gasteiger partial charge on any atom is -0.369 e. The fourth-order valence-electron chi connectivity index (χ4n) is 3.45. The number of aryl methyl sites for hydroxylation is 1. The smallest absolute Gasteiger partial charge is 0.165 e. The maximum Gasteiger partial charge on any atom is 0.165 e. The van der Waals surface area contributed by atoms with Crippen molar-refractivity contribution in [3.63, 3.8) is 0 Å². The van der Waals surface area contributed by atoms with Gasteiger partial charge in [-0.25, -0.2) is 4.98 Å². The molecule has 3 rings (SSSR count). The van der Waals surface area contributed by atoms with Gasteiger partial charge in [0.15, 0.2) is 5.65 Å². The van der Waals surface area contributed by atoms with E-state index in [0.717, 1.165) is 46.9 Å². The molecular formula is C21H29N5. The van der Waals surface area contributed by atoms with Gasteiger partial charge in [-0.3, -0.25) is 0 Å². The van der Waals surface area contributed by atoms with Crippen molar-refractivity contribution in [1.82, 2.24) is 19.5 Å². The van der Waals surface area contributed by atoms with E-state index in [2.05, 4.69) is 69.2 Å². The van der Waals surface area contributed by atoms with Gasteiger partial charge in [0.1, 0.15) is 5.82 Å². The first kappa shape index (κ1) is 18.4. The molecule has 0 amide bonds. The van der Waals surface area contributed by atoms with Crippen LogP contribution in [-0.2, 0) is 0 Å². The normalized spacial score (nSPS) is 12.1. The summed E-state index contributed by atoms with van der Waals surface area (Å²) in [5.74, 6) is 1.03. The molecule has 2 aromatic heterocycles. The Labute approximate surface area is 156 Å². The zero-order valence-electron chi connectivity index (χ0n) is 16.7. The van der Waals surface area contributed by atoms with Crippen LogP contribution < -0.4 is 5.32 Å². The monoisotopic (exact) mass is 351 g/mol. The van der Waals surface area contributed by atoms with Gasteiger partial charge in [-0.15, -0.1) is 0 Å². The molecular weight excluding hydrogens is 322 g/mol. The Hall–Kier alpha value is -2.40. The molecule has 1 N–H and O–H groups in total. The number of aromatic nitrogens is 3. The molecule has 0 spiro atoms. The van der Waals surface area contributed by atoms with E-state index in [-0.39, 0.29) is 5.41 Å². The zero-order valence-corrected chi connectivity index (χ0v) is 16.7. The van der Waals surface area contributed by atoms with Crippen molar-refractivity contribution in [3.8, 4) is 11.1 Å². The molecule has 0 saturated heterocycles. The Morgan fingerprint density at radius 1 is 1.12 bits per heavy atom. The Bertz CT molecular complexity index is 894. The predicted molar refractivity (Wildman–Crippen MR) is 109 cm³/mol. The summed E-state index contributed by atoms with van der Waals surface area (Å²) in [4.78, 5) is 7.04. The molecule has 5 nitrogen and oxygen atoms in total. The number of anilines is 1. The number of nitrogens with zero attached hydrogens (tertiary/aromatic N) is 4. The summed E-state index contributed by atoms with van der Waals surface area (Å²) in [5.41, 5.74) is 5.41. The predicted octanol–water partition coefficient (Wildman–Crippen LogP) is 4.01. The van der Waals surface area contributed by atoms with Crippen molar-refractivity contribution in [2.75, 3.05) is 32.5 Å². The summed E-state index contributed by atoms with van der Waals surface area (Å²) in [6, 6.07) is 10.3. The Balaban J connectivity index is 2.00. The second-order valence-corrected chi connectivity index (χ2v) is 8.09. The Morgan fingerprint density at radius 2 is 1.81 bits per heavy atom. The minimum absolute atomic E-state index is 0.148. The van der Waals surface area contributed by atoms with Crippen molar-refractivity contribution in [2.24, 2.45) is 5.41 Å². The van der Waals surface area contributed by atoms with Gasteiger partial charge in [0.25, 0.3) is 0 Å². The quantitative estimate of drug-likeness (QED) is 0.729. The highest BCUT2D eigenvalue weighted by atomic mass is 15.3. The van der Waals surface area contributed by atoms with Crippen molar-refractivity contribution < 1.29 is 0 Å². The molecule has 5 heteroatoms. The number of nitrogens with one attached hydrogen (secondary N) is 1. The Kier molecular flexibility index (Phi) is 5.01. The Morgan fingerprint density at radius 3 is 2.46 bits per heavy atom. The number of rotatable bonds is 6. The van der Waals surface area contributed by atoms with Gasteiger partial charge >= 0.3 is 0 Å². The topological polar surface area (TPSA) is 45.5 Å². The van der Waals surface area contributed by atoms with E-state index >= 15 is 0 Å². The van der Waals surface area contributed by atoms with Crippen molar-refractivity contribution >= 4 is 11.5 Å². The first-order chi connectivity index (χ1) is 12.3. The number of hydrogen-bond donors (Lipinski definition) is 1. The fraction of sp³-hybridized carbons (Fsp3) is 0.429. The molecule has 1 aromatic carbocycles. The SMILES string of the molecule is Cc1nc2c(-c3ccccc3)cnn2c(NCC(C)(C)CN(C)C)c1C. The third-order valence-corrected chi connectivity index (χ3v) is 4.69. The molecule has 0 saturated carbocycles. The molecule has 2 heterocycles. The molecule has 138 valence electrons. The maximum atomic E-state index is 4.82. The molecule has 0 radical (unpaired) electrons. The van der Waals surface area contributed by atoms with Gasteiger partial charge in [-0.05, 0) is 38.9 Å². The summed E-state index contributed by atoms with van der Waals surface area (Å²) in [7, 11) is 4.23. The highest BCUT2D eigenvalue weighted by Crippen LogP contribution is 2.28. The van der Waals surface area contributed by atoms with E-state index in [0.29, 0.717) is 0 Å². The van der Waals surface area contributed by atoms with E-state index < -0.39 is 0 Å². The first-order valence-electron chi connectivity index (χ1n) is 9.07. The molecule has 0 atom stereocenters. The van der Waals surface area contributed by atoms with E-state index in [4.69, 9.17) is 4.98 Å². The lowest BCUT2D eigenvalue weighted by Crippen LogP contribution is -2.35. The molecule has 3 aromatic rings. The summed E-state index contributed by atoms with van der Waals surface area (Å²) in [6.45, 7) is 10.6. The van der Waals surface area contributed by atoms with Crippen LogP contribution >= 0.6 is 0 Å². The van der Waals surface area contributed by atoms with Crippen LogP contribution in [0.1, 0.15) is 25.1 Å². The summed E-state index contributed by atoms with van der Waals surface area (Å²) in [6.07, 6.45) is 1.91. The van der Waals surface area contributed by atoms with Crippen LogP contribution in [0.4, 0.5) is 5.82 Å². The maximum absolute atomic E-state index is 4.82. The van der Waals surface area contributed by atoms with E-state index in [1.54, 1.807) is 0 Å². The van der Waals surface area contributed by atoms with Gasteiger partial charge in [-0.2, -0.15) is 9.61 Å². The third-order valence-electron chi connectivity index (χ3n) is 4.69. The van der Waals surface area contributed by atoms with E-state index in [1.165, 1.54) is 0 Å². The standard InChI is InChI=1S/C21H29N5/c1-15-16(2)24-20-18(17-10-8-7-9-11-17)12-23-26(20)19(15)22-13-21(3,4)14-25(5)6/h7-12,22H,13-14H2,1-6H3. The summed E-state index contributed by atoms with van der Waals surface area (Å²) in [5, 5.41) is 8.28. The second-order valence-electron chi connectivity index (χ2n) is 8.09. The first-order valence-corrected chi connectivity index (χ1v) is 9.07. The van der Waals surface area contributed by atoms with E-state index in [1.807, 2.05) is 28.9 Å². The van der Waals surface area contributed by atoms with Gasteiger partial charge < -0.3 is 10.2 Å². The van der Waals surface area contributed by atoms with Crippen LogP contribution in [-0.4, -0.2) is 46.7 Å². The minimum atomic E-state index is 0.148. The van der Waals surface area contributed by atoms with Crippen LogP contribution in [0.2, 0.25) is 0 Å². The lowest BCUT2D eigenvalue weighted by molar-refractivity contribution is 0.254. The molecule has 0 bridgehead atoms. The molecule has 26 heavy (non-hydrogen) atoms. The van der Waals surface area contributed by atoms with Crippen LogP contribution in [0.25, 0.3) is 16.8 Å². The number of benzene rings is 1. The van der Waals surface area contributed by atoms with Gasteiger partial charge in [-0.1, -0.05) is 44.2 Å². The number of fused-ring (bicyclic) bond motifs is 1. The number of hydrogen-bond acceptors (Lipinski definition) is 4. The molecule has 0 unspecified atom stereocenters. The molecule has 0 aliphatic heterocycles. The van der Waals surface area contributed by atoms with E-state index in [9.17, 15) is 0 Å². The molecule has 0 aliphatic carbocycles. The second kappa shape index (κ2) is 7.08. The average Bonchev–Trinajstić information content (AvgIpc) is 2.98. The zero-order chi connectivity index (χ0) is 18.9. The lowest BCUT2D eigenvalue weighted by Gasteiger charge is -2.29. The summed E-state index contributed by atoms with van der Waals surface area (Å²) < 4.78 is 1.94. The van der Waals surface area contributed by atoms with Crippen LogP contribution in [0.5, 0.6) is 0 Å². The van der Waals surface area contributed by atoms with Gasteiger partial charge in [0.05, 0.1) is 6.20 Å². The third kappa shape index (κ3) is 3.73. The molecule has 0 fully saturated rings. The average molecular weight is 351 g/mol. The van der Waals surface area contributed by atoms with Crippen LogP contribution in [0.3, 0.4) is 0 Å². The summed E-state index contributed by atoms with van der Waals surface area (Å²) >= 11 is 0. The fourth-order valence-corrected chi connectivity index (χ4v) is 3.45. The van der Waals surface area contributed by atoms with Crippen molar-refractivity contribution in [2.45, 2.75) is 27.7 Å². The highest BCUT2D eigenvalue weighted by Gasteiger charge is 2.21. The van der Waals surface area contributed by atoms with Crippen molar-refractivity contribution in [1.29, 1.82) is 0 Å². The van der Waals surface area contributed by atoms with Crippen LogP contribution in [0.15, 0.2) is 36.5 Å². The van der Waals surface area contributed by atoms with Gasteiger partial charge in [0.2, 0.25) is 0 Å². The van der Waals surface area contributed by atoms with Crippen LogP contribution in [0, 0.1) is 19.3 Å². The lowest BCUT2D eigenvalue weighted by atomic mass is 9.93.